The third-order valence-corrected chi connectivity index (χ3v) is 5.07. The van der Waals surface area contributed by atoms with Gasteiger partial charge in [0.25, 0.3) is 0 Å². The summed E-state index contributed by atoms with van der Waals surface area (Å²) < 4.78 is 0. The summed E-state index contributed by atoms with van der Waals surface area (Å²) in [6.07, 6.45) is 1.25. The minimum Gasteiger partial charge on any atom is -0.337 e. The highest BCUT2D eigenvalue weighted by molar-refractivity contribution is 5.72. The molecule has 4 rings (SSSR count). The van der Waals surface area contributed by atoms with Crippen molar-refractivity contribution in [3.05, 3.63) is 60.2 Å². The van der Waals surface area contributed by atoms with Crippen LogP contribution < -0.4 is 4.90 Å². The highest BCUT2D eigenvalue weighted by atomic mass is 15.2. The van der Waals surface area contributed by atoms with Crippen LogP contribution in [0.25, 0.3) is 0 Å². The Bertz CT molecular complexity index is 622. The highest BCUT2D eigenvalue weighted by Crippen LogP contribution is 2.47. The number of likely N-dealkylation sites (N-methyl/N-ethyl adjacent to an activating group) is 1. The summed E-state index contributed by atoms with van der Waals surface area (Å²) >= 11 is 0. The predicted molar refractivity (Wildman–Crippen MR) is 88.3 cm³/mol. The van der Waals surface area contributed by atoms with Crippen LogP contribution >= 0.6 is 0 Å². The van der Waals surface area contributed by atoms with Crippen molar-refractivity contribution in [2.24, 2.45) is 0 Å². The highest BCUT2D eigenvalue weighted by Gasteiger charge is 2.41. The van der Waals surface area contributed by atoms with E-state index in [4.69, 9.17) is 0 Å². The summed E-state index contributed by atoms with van der Waals surface area (Å²) in [5.41, 5.74) is 4.28. The summed E-state index contributed by atoms with van der Waals surface area (Å²) in [6.45, 7) is 5.85. The molecule has 1 saturated heterocycles. The molecule has 0 saturated carbocycles. The summed E-state index contributed by atoms with van der Waals surface area (Å²) in [4.78, 5) is 5.17. The van der Waals surface area contributed by atoms with Crippen LogP contribution in [0.4, 0.5) is 11.4 Å². The molecular weight excluding hydrogens is 256 g/mol. The molecule has 2 aliphatic rings. The van der Waals surface area contributed by atoms with E-state index < -0.39 is 0 Å². The first-order valence-corrected chi connectivity index (χ1v) is 8.04. The fourth-order valence-electron chi connectivity index (χ4n) is 4.03. The smallest absolute Gasteiger partial charge is 0.0450 e. The van der Waals surface area contributed by atoms with Crippen molar-refractivity contribution in [3.8, 4) is 0 Å². The Morgan fingerprint density at radius 3 is 2.57 bits per heavy atom. The van der Waals surface area contributed by atoms with Gasteiger partial charge in [0, 0.05) is 36.4 Å². The van der Waals surface area contributed by atoms with Gasteiger partial charge in [0.05, 0.1) is 0 Å². The maximum atomic E-state index is 2.59. The molecule has 0 radical (unpaired) electrons. The molecule has 0 spiro atoms. The van der Waals surface area contributed by atoms with Crippen molar-refractivity contribution in [1.82, 2.24) is 4.90 Å². The molecule has 2 aromatic carbocycles. The topological polar surface area (TPSA) is 6.48 Å². The summed E-state index contributed by atoms with van der Waals surface area (Å²) in [5.74, 6) is 0.648. The van der Waals surface area contributed by atoms with Gasteiger partial charge in [-0.2, -0.15) is 0 Å². The molecule has 0 bridgehead atoms. The fourth-order valence-corrected chi connectivity index (χ4v) is 4.03. The zero-order chi connectivity index (χ0) is 14.2. The number of anilines is 2. The molecule has 0 N–H and O–H groups in total. The number of rotatable bonds is 2. The predicted octanol–water partition coefficient (Wildman–Crippen LogP) is 4.02. The molecule has 2 atom stereocenters. The lowest BCUT2D eigenvalue weighted by Gasteiger charge is -2.38. The van der Waals surface area contributed by atoms with Crippen LogP contribution in [-0.2, 0) is 0 Å². The Kier molecular flexibility index (Phi) is 3.19. The normalized spacial score (nSPS) is 24.7. The molecule has 2 heterocycles. The van der Waals surface area contributed by atoms with Crippen LogP contribution in [-0.4, -0.2) is 30.6 Å². The van der Waals surface area contributed by atoms with E-state index in [2.05, 4.69) is 71.3 Å². The first kappa shape index (κ1) is 12.9. The summed E-state index contributed by atoms with van der Waals surface area (Å²) in [7, 11) is 0. The van der Waals surface area contributed by atoms with Crippen LogP contribution in [0.15, 0.2) is 54.6 Å². The van der Waals surface area contributed by atoms with Crippen molar-refractivity contribution in [2.75, 3.05) is 24.5 Å². The molecule has 2 aliphatic heterocycles. The maximum absolute atomic E-state index is 2.59. The average molecular weight is 278 g/mol. The van der Waals surface area contributed by atoms with Crippen molar-refractivity contribution in [3.63, 3.8) is 0 Å². The standard InChI is InChI=1S/C19H22N2/c1-2-20-13-12-19-17(14-20)16-10-6-7-11-18(16)21(19)15-8-4-3-5-9-15/h3-11,17,19H,2,12-14H2,1H3/t17-,19+/m1/s1. The van der Waals surface area contributed by atoms with E-state index in [9.17, 15) is 0 Å². The second-order valence-corrected chi connectivity index (χ2v) is 6.12. The van der Waals surface area contributed by atoms with E-state index in [1.807, 2.05) is 0 Å². The number of nitrogens with zero attached hydrogens (tertiary/aromatic N) is 2. The lowest BCUT2D eigenvalue weighted by molar-refractivity contribution is 0.206. The van der Waals surface area contributed by atoms with E-state index in [-0.39, 0.29) is 0 Å². The van der Waals surface area contributed by atoms with E-state index in [1.165, 1.54) is 36.4 Å². The van der Waals surface area contributed by atoms with Gasteiger partial charge in [-0.1, -0.05) is 43.3 Å². The van der Waals surface area contributed by atoms with Crippen LogP contribution in [0.3, 0.4) is 0 Å². The van der Waals surface area contributed by atoms with Gasteiger partial charge in [-0.3, -0.25) is 0 Å². The van der Waals surface area contributed by atoms with E-state index >= 15 is 0 Å². The van der Waals surface area contributed by atoms with Crippen molar-refractivity contribution in [1.29, 1.82) is 0 Å². The molecule has 21 heavy (non-hydrogen) atoms. The number of piperidine rings is 1. The lowest BCUT2D eigenvalue weighted by atomic mass is 9.89. The second-order valence-electron chi connectivity index (χ2n) is 6.12. The minimum absolute atomic E-state index is 0.618. The zero-order valence-corrected chi connectivity index (χ0v) is 12.6. The number of fused-ring (bicyclic) bond motifs is 3. The molecule has 2 nitrogen and oxygen atoms in total. The number of hydrogen-bond acceptors (Lipinski definition) is 2. The second kappa shape index (κ2) is 5.19. The van der Waals surface area contributed by atoms with Crippen LogP contribution in [0.2, 0.25) is 0 Å². The molecule has 0 unspecified atom stereocenters. The number of hydrogen-bond donors (Lipinski definition) is 0. The van der Waals surface area contributed by atoms with Gasteiger partial charge in [0.1, 0.15) is 0 Å². The molecule has 0 aliphatic carbocycles. The number of likely N-dealkylation sites (tertiary alicyclic amines) is 1. The van der Waals surface area contributed by atoms with Gasteiger partial charge >= 0.3 is 0 Å². The first-order chi connectivity index (χ1) is 10.4. The summed E-state index contributed by atoms with van der Waals surface area (Å²) in [6, 6.07) is 20.5. The Hall–Kier alpha value is -1.80. The largest absolute Gasteiger partial charge is 0.337 e. The van der Waals surface area contributed by atoms with Gasteiger partial charge in [-0.15, -0.1) is 0 Å². The first-order valence-electron chi connectivity index (χ1n) is 8.04. The van der Waals surface area contributed by atoms with Crippen LogP contribution in [0, 0.1) is 0 Å². The van der Waals surface area contributed by atoms with Crippen LogP contribution in [0.1, 0.15) is 24.8 Å². The zero-order valence-electron chi connectivity index (χ0n) is 12.6. The quantitative estimate of drug-likeness (QED) is 0.818. The van der Waals surface area contributed by atoms with Gasteiger partial charge in [-0.25, -0.2) is 0 Å². The summed E-state index contributed by atoms with van der Waals surface area (Å²) in [5, 5.41) is 0. The van der Waals surface area contributed by atoms with E-state index in [0.29, 0.717) is 12.0 Å². The SMILES string of the molecule is CCN1CC[C@H]2[C@H](C1)c1ccccc1N2c1ccccc1. The monoisotopic (exact) mass is 278 g/mol. The fraction of sp³-hybridized carbons (Fsp3) is 0.368. The van der Waals surface area contributed by atoms with Gasteiger partial charge < -0.3 is 9.80 Å². The third-order valence-electron chi connectivity index (χ3n) is 5.07. The van der Waals surface area contributed by atoms with Crippen molar-refractivity contribution < 1.29 is 0 Å². The lowest BCUT2D eigenvalue weighted by Crippen LogP contribution is -2.44. The Labute approximate surface area is 127 Å². The van der Waals surface area contributed by atoms with E-state index in [1.54, 1.807) is 0 Å². The molecular formula is C19H22N2. The van der Waals surface area contributed by atoms with Gasteiger partial charge in [-0.05, 0) is 36.7 Å². The van der Waals surface area contributed by atoms with Gasteiger partial charge in [0.2, 0.25) is 0 Å². The average Bonchev–Trinajstić information content (AvgIpc) is 2.89. The molecule has 108 valence electrons. The number of benzene rings is 2. The Morgan fingerprint density at radius 2 is 1.76 bits per heavy atom. The molecule has 1 fully saturated rings. The maximum Gasteiger partial charge on any atom is 0.0450 e. The molecule has 2 aromatic rings. The Balaban J connectivity index is 1.78. The van der Waals surface area contributed by atoms with Gasteiger partial charge in [0.15, 0.2) is 0 Å². The van der Waals surface area contributed by atoms with E-state index in [0.717, 1.165) is 6.54 Å². The van der Waals surface area contributed by atoms with Crippen molar-refractivity contribution in [2.45, 2.75) is 25.3 Å². The third kappa shape index (κ3) is 2.06. The number of para-hydroxylation sites is 2. The molecule has 2 heteroatoms. The molecule has 0 aromatic heterocycles. The van der Waals surface area contributed by atoms with Crippen LogP contribution in [0.5, 0.6) is 0 Å². The molecule has 0 amide bonds. The minimum atomic E-state index is 0.618. The van der Waals surface area contributed by atoms with Crippen molar-refractivity contribution >= 4 is 11.4 Å². The Morgan fingerprint density at radius 1 is 1.00 bits per heavy atom.